The molecule has 0 aliphatic carbocycles. The predicted octanol–water partition coefficient (Wildman–Crippen LogP) is 4.51. The van der Waals surface area contributed by atoms with Crippen LogP contribution in [-0.4, -0.2) is 14.9 Å². The number of hydrogen-bond acceptors (Lipinski definition) is 2. The SMILES string of the molecule is CC(C)n1ncc(Cl)c1C(O)c1cc(Cl)cc(Cl)c1. The van der Waals surface area contributed by atoms with E-state index < -0.39 is 6.10 Å². The van der Waals surface area contributed by atoms with Crippen molar-refractivity contribution in [1.29, 1.82) is 0 Å². The molecular weight excluding hydrogens is 307 g/mol. The Morgan fingerprint density at radius 2 is 1.68 bits per heavy atom. The summed E-state index contributed by atoms with van der Waals surface area (Å²) in [5, 5.41) is 16.0. The highest BCUT2D eigenvalue weighted by Gasteiger charge is 2.21. The number of aromatic nitrogens is 2. The van der Waals surface area contributed by atoms with Crippen LogP contribution in [-0.2, 0) is 0 Å². The fourth-order valence-corrected chi connectivity index (χ4v) is 2.69. The third-order valence-electron chi connectivity index (χ3n) is 2.74. The second-order valence-corrected chi connectivity index (χ2v) is 5.80. The van der Waals surface area contributed by atoms with Crippen LogP contribution < -0.4 is 0 Å². The van der Waals surface area contributed by atoms with E-state index in [1.165, 1.54) is 6.20 Å². The summed E-state index contributed by atoms with van der Waals surface area (Å²) in [5.41, 5.74) is 1.12. The molecule has 0 saturated heterocycles. The number of nitrogens with zero attached hydrogens (tertiary/aromatic N) is 2. The summed E-state index contributed by atoms with van der Waals surface area (Å²) >= 11 is 18.0. The van der Waals surface area contributed by atoms with Gasteiger partial charge in [-0.3, -0.25) is 4.68 Å². The molecule has 102 valence electrons. The lowest BCUT2D eigenvalue weighted by Gasteiger charge is -2.17. The van der Waals surface area contributed by atoms with Gasteiger partial charge in [0.05, 0.1) is 16.9 Å². The Morgan fingerprint density at radius 3 is 2.21 bits per heavy atom. The monoisotopic (exact) mass is 318 g/mol. The Kier molecular flexibility index (Phi) is 4.41. The number of benzene rings is 1. The normalized spacial score (nSPS) is 13.0. The van der Waals surface area contributed by atoms with Gasteiger partial charge < -0.3 is 5.11 Å². The van der Waals surface area contributed by atoms with Gasteiger partial charge in [-0.2, -0.15) is 5.10 Å². The number of halogens is 3. The molecule has 6 heteroatoms. The Balaban J connectivity index is 2.49. The van der Waals surface area contributed by atoms with Gasteiger partial charge in [-0.05, 0) is 37.6 Å². The minimum Gasteiger partial charge on any atom is -0.382 e. The van der Waals surface area contributed by atoms with Gasteiger partial charge in [-0.15, -0.1) is 0 Å². The molecule has 0 spiro atoms. The maximum Gasteiger partial charge on any atom is 0.122 e. The minimum absolute atomic E-state index is 0.0896. The van der Waals surface area contributed by atoms with Crippen LogP contribution in [0.4, 0.5) is 0 Å². The number of aliphatic hydroxyl groups is 1. The van der Waals surface area contributed by atoms with Crippen LogP contribution in [0.25, 0.3) is 0 Å². The van der Waals surface area contributed by atoms with Gasteiger partial charge in [-0.25, -0.2) is 0 Å². The molecule has 0 saturated carbocycles. The van der Waals surface area contributed by atoms with Gasteiger partial charge in [0.15, 0.2) is 0 Å². The lowest BCUT2D eigenvalue weighted by atomic mass is 10.1. The van der Waals surface area contributed by atoms with E-state index in [4.69, 9.17) is 34.8 Å². The third kappa shape index (κ3) is 3.06. The average Bonchev–Trinajstić information content (AvgIpc) is 2.69. The fraction of sp³-hybridized carbons (Fsp3) is 0.308. The summed E-state index contributed by atoms with van der Waals surface area (Å²) in [4.78, 5) is 0. The topological polar surface area (TPSA) is 38.0 Å². The van der Waals surface area contributed by atoms with Crippen molar-refractivity contribution in [2.24, 2.45) is 0 Å². The van der Waals surface area contributed by atoms with Crippen LogP contribution in [0.2, 0.25) is 15.1 Å². The van der Waals surface area contributed by atoms with E-state index >= 15 is 0 Å². The first-order valence-electron chi connectivity index (χ1n) is 5.77. The molecule has 0 radical (unpaired) electrons. The van der Waals surface area contributed by atoms with E-state index in [1.807, 2.05) is 13.8 Å². The number of aliphatic hydroxyl groups excluding tert-OH is 1. The molecule has 0 aliphatic rings. The first-order chi connectivity index (χ1) is 8.90. The Morgan fingerprint density at radius 1 is 1.11 bits per heavy atom. The van der Waals surface area contributed by atoms with Crippen LogP contribution in [0.5, 0.6) is 0 Å². The molecule has 0 aliphatic heterocycles. The van der Waals surface area contributed by atoms with Gasteiger partial charge in [0.25, 0.3) is 0 Å². The molecule has 3 nitrogen and oxygen atoms in total. The molecule has 19 heavy (non-hydrogen) atoms. The summed E-state index contributed by atoms with van der Waals surface area (Å²) in [5.74, 6) is 0. The molecule has 2 aromatic rings. The van der Waals surface area contributed by atoms with Gasteiger partial charge >= 0.3 is 0 Å². The van der Waals surface area contributed by atoms with E-state index in [0.29, 0.717) is 26.3 Å². The molecule has 1 unspecified atom stereocenters. The smallest absolute Gasteiger partial charge is 0.122 e. The Hall–Kier alpha value is -0.740. The largest absolute Gasteiger partial charge is 0.382 e. The average molecular weight is 320 g/mol. The maximum atomic E-state index is 10.5. The zero-order valence-corrected chi connectivity index (χ0v) is 12.7. The van der Waals surface area contributed by atoms with Crippen LogP contribution >= 0.6 is 34.8 Å². The van der Waals surface area contributed by atoms with E-state index in [-0.39, 0.29) is 6.04 Å². The molecule has 1 heterocycles. The molecule has 1 N–H and O–H groups in total. The van der Waals surface area contributed by atoms with Crippen molar-refractivity contribution in [2.75, 3.05) is 0 Å². The van der Waals surface area contributed by atoms with Crippen molar-refractivity contribution in [1.82, 2.24) is 9.78 Å². The highest BCUT2D eigenvalue weighted by molar-refractivity contribution is 6.34. The van der Waals surface area contributed by atoms with Crippen LogP contribution in [0.15, 0.2) is 24.4 Å². The summed E-state index contributed by atoms with van der Waals surface area (Å²) in [7, 11) is 0. The highest BCUT2D eigenvalue weighted by Crippen LogP contribution is 2.32. The highest BCUT2D eigenvalue weighted by atomic mass is 35.5. The van der Waals surface area contributed by atoms with E-state index in [9.17, 15) is 5.11 Å². The lowest BCUT2D eigenvalue weighted by molar-refractivity contribution is 0.205. The number of rotatable bonds is 3. The van der Waals surface area contributed by atoms with Crippen molar-refractivity contribution >= 4 is 34.8 Å². The van der Waals surface area contributed by atoms with Crippen LogP contribution in [0, 0.1) is 0 Å². The fourth-order valence-electron chi connectivity index (χ4n) is 1.91. The quantitative estimate of drug-likeness (QED) is 0.904. The van der Waals surface area contributed by atoms with Crippen molar-refractivity contribution < 1.29 is 5.11 Å². The molecule has 0 bridgehead atoms. The predicted molar refractivity (Wildman–Crippen MR) is 78.1 cm³/mol. The molecule has 1 aromatic carbocycles. The Bertz CT molecular complexity index is 575. The van der Waals surface area contributed by atoms with E-state index in [1.54, 1.807) is 22.9 Å². The van der Waals surface area contributed by atoms with Crippen molar-refractivity contribution in [2.45, 2.75) is 26.0 Å². The summed E-state index contributed by atoms with van der Waals surface area (Å²) in [6.07, 6.45) is 0.598. The zero-order valence-electron chi connectivity index (χ0n) is 10.4. The first kappa shape index (κ1) is 14.7. The number of hydrogen-bond donors (Lipinski definition) is 1. The standard InChI is InChI=1S/C13H13Cl3N2O/c1-7(2)18-12(11(16)6-17-18)13(19)8-3-9(14)5-10(15)4-8/h3-7,13,19H,1-2H3. The van der Waals surface area contributed by atoms with Crippen molar-refractivity contribution in [3.63, 3.8) is 0 Å². The van der Waals surface area contributed by atoms with Crippen molar-refractivity contribution in [3.05, 3.63) is 50.7 Å². The van der Waals surface area contributed by atoms with E-state index in [0.717, 1.165) is 0 Å². The molecule has 0 amide bonds. The summed E-state index contributed by atoms with van der Waals surface area (Å²) in [6, 6.07) is 5.02. The molecule has 0 fully saturated rings. The Labute approximate surface area is 126 Å². The first-order valence-corrected chi connectivity index (χ1v) is 6.90. The second-order valence-electron chi connectivity index (χ2n) is 4.52. The maximum absolute atomic E-state index is 10.5. The third-order valence-corrected chi connectivity index (χ3v) is 3.46. The second kappa shape index (κ2) is 5.71. The summed E-state index contributed by atoms with van der Waals surface area (Å²) < 4.78 is 1.68. The van der Waals surface area contributed by atoms with Crippen molar-refractivity contribution in [3.8, 4) is 0 Å². The van der Waals surface area contributed by atoms with Crippen LogP contribution in [0.3, 0.4) is 0 Å². The van der Waals surface area contributed by atoms with Gasteiger partial charge in [-0.1, -0.05) is 34.8 Å². The van der Waals surface area contributed by atoms with Crippen LogP contribution in [0.1, 0.15) is 37.3 Å². The summed E-state index contributed by atoms with van der Waals surface area (Å²) in [6.45, 7) is 3.93. The lowest BCUT2D eigenvalue weighted by Crippen LogP contribution is -2.12. The van der Waals surface area contributed by atoms with Gasteiger partial charge in [0.2, 0.25) is 0 Å². The minimum atomic E-state index is -0.923. The van der Waals surface area contributed by atoms with Gasteiger partial charge in [0.1, 0.15) is 6.10 Å². The van der Waals surface area contributed by atoms with E-state index in [2.05, 4.69) is 5.10 Å². The zero-order chi connectivity index (χ0) is 14.2. The molecular formula is C13H13Cl3N2O. The molecule has 2 rings (SSSR count). The molecule has 1 aromatic heterocycles. The molecule has 1 atom stereocenters. The van der Waals surface area contributed by atoms with Gasteiger partial charge in [0, 0.05) is 16.1 Å².